The Morgan fingerprint density at radius 3 is 2.81 bits per heavy atom. The molecular weight excluding hydrogens is 479 g/mol. The van der Waals surface area contributed by atoms with Gasteiger partial charge in [0.15, 0.2) is 5.96 Å². The van der Waals surface area contributed by atoms with Crippen molar-refractivity contribution in [3.63, 3.8) is 0 Å². The van der Waals surface area contributed by atoms with E-state index < -0.39 is 0 Å². The van der Waals surface area contributed by atoms with Gasteiger partial charge in [-0.05, 0) is 18.1 Å². The highest BCUT2D eigenvalue weighted by molar-refractivity contribution is 14.0. The van der Waals surface area contributed by atoms with Crippen LogP contribution < -0.4 is 10.1 Å². The van der Waals surface area contributed by atoms with Gasteiger partial charge in [-0.2, -0.15) is 5.10 Å². The van der Waals surface area contributed by atoms with Crippen molar-refractivity contribution in [3.8, 4) is 5.88 Å². The molecule has 0 saturated heterocycles. The summed E-state index contributed by atoms with van der Waals surface area (Å²) in [5, 5.41) is 8.35. The molecule has 0 bridgehead atoms. The number of aryl methyl sites for hydroxylation is 1. The molecule has 2 rings (SSSR count). The van der Waals surface area contributed by atoms with Crippen LogP contribution in [0.15, 0.2) is 29.5 Å². The third-order valence-electron chi connectivity index (χ3n) is 3.81. The lowest BCUT2D eigenvalue weighted by Crippen LogP contribution is -2.40. The van der Waals surface area contributed by atoms with E-state index in [0.717, 1.165) is 18.2 Å². The maximum absolute atomic E-state index is 6.03. The van der Waals surface area contributed by atoms with Crippen LogP contribution in [-0.2, 0) is 13.6 Å². The van der Waals surface area contributed by atoms with Crippen LogP contribution in [0, 0.1) is 0 Å². The molecule has 0 unspecified atom stereocenters. The molecule has 7 nitrogen and oxygen atoms in total. The second kappa shape index (κ2) is 11.3. The van der Waals surface area contributed by atoms with E-state index in [9.17, 15) is 0 Å². The highest BCUT2D eigenvalue weighted by Crippen LogP contribution is 2.20. The average Bonchev–Trinajstić information content (AvgIpc) is 2.97. The van der Waals surface area contributed by atoms with Crippen molar-refractivity contribution in [3.05, 3.63) is 40.8 Å². The lowest BCUT2D eigenvalue weighted by molar-refractivity contribution is 0.307. The van der Waals surface area contributed by atoms with Gasteiger partial charge in [0, 0.05) is 45.6 Å². The number of hydrogen-bond acceptors (Lipinski definition) is 4. The third-order valence-corrected chi connectivity index (χ3v) is 4.10. The summed E-state index contributed by atoms with van der Waals surface area (Å²) in [5.41, 5.74) is 2.31. The zero-order valence-electron chi connectivity index (χ0n) is 16.4. The minimum absolute atomic E-state index is 0. The summed E-state index contributed by atoms with van der Waals surface area (Å²) in [5.74, 6) is 1.61. The topological polar surface area (TPSA) is 67.6 Å². The summed E-state index contributed by atoms with van der Waals surface area (Å²) in [6.07, 6.45) is 3.72. The number of hydrogen-bond donors (Lipinski definition) is 1. The predicted molar refractivity (Wildman–Crippen MR) is 120 cm³/mol. The zero-order valence-corrected chi connectivity index (χ0v) is 19.5. The molecule has 0 saturated carbocycles. The van der Waals surface area contributed by atoms with E-state index in [1.807, 2.05) is 18.8 Å². The van der Waals surface area contributed by atoms with E-state index in [-0.39, 0.29) is 24.0 Å². The van der Waals surface area contributed by atoms with Gasteiger partial charge in [0.2, 0.25) is 5.88 Å². The molecule has 0 atom stereocenters. The summed E-state index contributed by atoms with van der Waals surface area (Å²) < 4.78 is 7.45. The number of guanidine groups is 1. The summed E-state index contributed by atoms with van der Waals surface area (Å²) in [6.45, 7) is 6.06. The molecule has 0 radical (unpaired) electrons. The molecule has 0 fully saturated rings. The zero-order chi connectivity index (χ0) is 19.1. The van der Waals surface area contributed by atoms with E-state index in [4.69, 9.17) is 16.3 Å². The molecule has 0 aromatic carbocycles. The summed E-state index contributed by atoms with van der Waals surface area (Å²) in [6, 6.07) is 3.53. The van der Waals surface area contributed by atoms with Gasteiger partial charge in [-0.1, -0.05) is 25.4 Å². The molecule has 0 aliphatic rings. The predicted octanol–water partition coefficient (Wildman–Crippen LogP) is 3.30. The first-order chi connectivity index (χ1) is 12.4. The molecule has 0 spiro atoms. The summed E-state index contributed by atoms with van der Waals surface area (Å²) in [4.78, 5) is 10.5. The molecule has 150 valence electrons. The Kier molecular flexibility index (Phi) is 9.86. The molecule has 1 N–H and O–H groups in total. The minimum Gasteiger partial charge on any atom is -0.475 e. The average molecular weight is 507 g/mol. The molecular formula is C18H28ClIN6O. The fourth-order valence-electron chi connectivity index (χ4n) is 2.67. The van der Waals surface area contributed by atoms with Gasteiger partial charge in [0.05, 0.1) is 12.2 Å². The van der Waals surface area contributed by atoms with Crippen molar-refractivity contribution in [2.45, 2.75) is 26.3 Å². The second-order valence-corrected chi connectivity index (χ2v) is 6.74. The van der Waals surface area contributed by atoms with Crippen LogP contribution in [-0.4, -0.2) is 52.9 Å². The maximum Gasteiger partial charge on any atom is 0.232 e. The Morgan fingerprint density at radius 1 is 1.44 bits per heavy atom. The van der Waals surface area contributed by atoms with Crippen LogP contribution >= 0.6 is 35.6 Å². The Morgan fingerprint density at radius 2 is 2.19 bits per heavy atom. The fraction of sp³-hybridized carbons (Fsp3) is 0.500. The SMILES string of the molecule is CN=C(NCCOc1ncccc1Cl)N(C)Cc1cn(C)nc1C(C)C.I. The first-order valence-electron chi connectivity index (χ1n) is 8.59. The molecule has 27 heavy (non-hydrogen) atoms. The molecule has 0 aliphatic heterocycles. The summed E-state index contributed by atoms with van der Waals surface area (Å²) in [7, 11) is 5.72. The lowest BCUT2D eigenvalue weighted by Gasteiger charge is -2.22. The van der Waals surface area contributed by atoms with Gasteiger partial charge in [-0.15, -0.1) is 24.0 Å². The quantitative estimate of drug-likeness (QED) is 0.270. The van der Waals surface area contributed by atoms with E-state index in [1.165, 1.54) is 5.56 Å². The van der Waals surface area contributed by atoms with Crippen molar-refractivity contribution >= 4 is 41.5 Å². The summed E-state index contributed by atoms with van der Waals surface area (Å²) >= 11 is 6.03. The van der Waals surface area contributed by atoms with E-state index >= 15 is 0 Å². The van der Waals surface area contributed by atoms with Crippen LogP contribution in [0.4, 0.5) is 0 Å². The number of halogens is 2. The molecule has 9 heteroatoms. The number of pyridine rings is 1. The van der Waals surface area contributed by atoms with Crippen LogP contribution in [0.2, 0.25) is 5.02 Å². The number of ether oxygens (including phenoxy) is 1. The van der Waals surface area contributed by atoms with Crippen molar-refractivity contribution in [2.75, 3.05) is 27.2 Å². The number of nitrogens with zero attached hydrogens (tertiary/aromatic N) is 5. The van der Waals surface area contributed by atoms with E-state index in [1.54, 1.807) is 25.4 Å². The number of rotatable bonds is 7. The fourth-order valence-corrected chi connectivity index (χ4v) is 2.84. The van der Waals surface area contributed by atoms with Crippen molar-refractivity contribution in [1.82, 2.24) is 25.0 Å². The Labute approximate surface area is 183 Å². The maximum atomic E-state index is 6.03. The second-order valence-electron chi connectivity index (χ2n) is 6.34. The van der Waals surface area contributed by atoms with Crippen molar-refractivity contribution in [1.29, 1.82) is 0 Å². The molecule has 2 aromatic heterocycles. The van der Waals surface area contributed by atoms with E-state index in [0.29, 0.717) is 30.0 Å². The number of aliphatic imine (C=N–C) groups is 1. The molecule has 2 heterocycles. The minimum atomic E-state index is 0. The number of nitrogens with one attached hydrogen (secondary N) is 1. The largest absolute Gasteiger partial charge is 0.475 e. The van der Waals surface area contributed by atoms with Crippen LogP contribution in [0.1, 0.15) is 31.0 Å². The number of aromatic nitrogens is 3. The normalized spacial score (nSPS) is 11.3. The van der Waals surface area contributed by atoms with Crippen molar-refractivity contribution in [2.24, 2.45) is 12.0 Å². The van der Waals surface area contributed by atoms with Gasteiger partial charge >= 0.3 is 0 Å². The van der Waals surface area contributed by atoms with Gasteiger partial charge in [-0.25, -0.2) is 4.98 Å². The molecule has 0 aliphatic carbocycles. The Hall–Kier alpha value is -1.55. The third kappa shape index (κ3) is 6.84. The standard InChI is InChI=1S/C18H27ClN6O.HI/c1-13(2)16-14(12-25(5)23-16)11-24(4)18(20-3)22-9-10-26-17-15(19)7-6-8-21-17;/h6-8,12-13H,9-11H2,1-5H3,(H,20,22);1H. The highest BCUT2D eigenvalue weighted by atomic mass is 127. The van der Waals surface area contributed by atoms with Gasteiger partial charge < -0.3 is 15.0 Å². The first-order valence-corrected chi connectivity index (χ1v) is 8.97. The van der Waals surface area contributed by atoms with Crippen LogP contribution in [0.25, 0.3) is 0 Å². The Balaban J connectivity index is 0.00000364. The van der Waals surface area contributed by atoms with E-state index in [2.05, 4.69) is 45.3 Å². The smallest absolute Gasteiger partial charge is 0.232 e. The van der Waals surface area contributed by atoms with Gasteiger partial charge in [0.25, 0.3) is 0 Å². The van der Waals surface area contributed by atoms with Crippen molar-refractivity contribution < 1.29 is 4.74 Å². The Bertz CT molecular complexity index is 749. The molecule has 2 aromatic rings. The molecule has 0 amide bonds. The first kappa shape index (κ1) is 23.5. The lowest BCUT2D eigenvalue weighted by atomic mass is 10.1. The van der Waals surface area contributed by atoms with Crippen LogP contribution in [0.5, 0.6) is 5.88 Å². The van der Waals surface area contributed by atoms with Gasteiger partial charge in [-0.3, -0.25) is 9.67 Å². The highest BCUT2D eigenvalue weighted by Gasteiger charge is 2.15. The monoisotopic (exact) mass is 506 g/mol. The van der Waals surface area contributed by atoms with Crippen LogP contribution in [0.3, 0.4) is 0 Å². The van der Waals surface area contributed by atoms with Gasteiger partial charge in [0.1, 0.15) is 11.6 Å².